The molecule has 2 aromatic rings. The smallest absolute Gasteiger partial charge is 0.312 e. The van der Waals surface area contributed by atoms with Crippen LogP contribution in [0.1, 0.15) is 11.1 Å². The van der Waals surface area contributed by atoms with E-state index in [1.165, 1.54) is 17.0 Å². The number of nitrogens with zero attached hydrogens (tertiary/aromatic N) is 2. The van der Waals surface area contributed by atoms with E-state index < -0.39 is 28.2 Å². The Kier molecular flexibility index (Phi) is 5.82. The molecule has 1 saturated heterocycles. The molecule has 0 aromatic heterocycles. The molecule has 2 aromatic carbocycles. The highest BCUT2D eigenvalue weighted by Crippen LogP contribution is 2.36. The van der Waals surface area contributed by atoms with Gasteiger partial charge in [-0.25, -0.2) is 0 Å². The maximum absolute atomic E-state index is 13.1. The Labute approximate surface area is 186 Å². The molecule has 0 aliphatic carbocycles. The number of carbonyl (C=O) groups is 2. The number of hydrogen-bond donors (Lipinski definition) is 2. The Morgan fingerprint density at radius 1 is 1.24 bits per heavy atom. The van der Waals surface area contributed by atoms with Crippen LogP contribution in [-0.4, -0.2) is 27.0 Å². The monoisotopic (exact) mass is 539 g/mol. The molecule has 0 saturated carbocycles. The van der Waals surface area contributed by atoms with E-state index in [-0.39, 0.29) is 20.7 Å². The van der Waals surface area contributed by atoms with Crippen LogP contribution in [0.4, 0.5) is 11.4 Å². The third-order valence-electron chi connectivity index (χ3n) is 4.07. The maximum atomic E-state index is 13.1. The predicted molar refractivity (Wildman–Crippen MR) is 118 cm³/mol. The summed E-state index contributed by atoms with van der Waals surface area (Å²) in [6, 6.07) is 7.64. The fourth-order valence-corrected chi connectivity index (χ4v) is 3.96. The Morgan fingerprint density at radius 3 is 2.55 bits per heavy atom. The number of hydrogen-bond acceptors (Lipinski definition) is 6. The minimum absolute atomic E-state index is 0.0540. The van der Waals surface area contributed by atoms with Crippen LogP contribution in [0.3, 0.4) is 0 Å². The average molecular weight is 541 g/mol. The summed E-state index contributed by atoms with van der Waals surface area (Å²) in [5.41, 5.74) is 0.597. The molecule has 1 aliphatic rings. The maximum Gasteiger partial charge on any atom is 0.312 e. The third-order valence-corrected chi connectivity index (χ3v) is 5.46. The summed E-state index contributed by atoms with van der Waals surface area (Å²) in [6.07, 6.45) is 1.21. The lowest BCUT2D eigenvalue weighted by Crippen LogP contribution is -2.54. The van der Waals surface area contributed by atoms with Crippen LogP contribution in [0.15, 0.2) is 44.9 Å². The van der Waals surface area contributed by atoms with Gasteiger partial charge in [0, 0.05) is 10.5 Å². The second-order valence-corrected chi connectivity index (χ2v) is 8.17. The van der Waals surface area contributed by atoms with Gasteiger partial charge in [0.1, 0.15) is 5.57 Å². The highest BCUT2D eigenvalue weighted by molar-refractivity contribution is 9.10. The second-order valence-electron chi connectivity index (χ2n) is 6.02. The van der Waals surface area contributed by atoms with Crippen LogP contribution in [0.2, 0.25) is 0 Å². The number of benzene rings is 2. The first-order chi connectivity index (χ1) is 13.6. The molecule has 2 N–H and O–H groups in total. The fourth-order valence-electron chi connectivity index (χ4n) is 2.74. The van der Waals surface area contributed by atoms with Gasteiger partial charge in [0.2, 0.25) is 5.75 Å². The topological polar surface area (TPSA) is 113 Å². The summed E-state index contributed by atoms with van der Waals surface area (Å²) >= 11 is 11.6. The molecule has 2 amide bonds. The molecule has 0 spiro atoms. The number of carbonyl (C=O) groups excluding carboxylic acids is 2. The molecule has 0 radical (unpaired) electrons. The lowest BCUT2D eigenvalue weighted by molar-refractivity contribution is -0.386. The number of phenolic OH excluding ortho intramolecular Hbond substituents is 1. The normalized spacial score (nSPS) is 15.6. The van der Waals surface area contributed by atoms with Crippen LogP contribution < -0.4 is 10.2 Å². The summed E-state index contributed by atoms with van der Waals surface area (Å²) in [6.45, 7) is 1.79. The zero-order valence-electron chi connectivity index (χ0n) is 14.6. The fraction of sp³-hybridized carbons (Fsp3) is 0.0556. The second kappa shape index (κ2) is 8.01. The Hall–Kier alpha value is -2.63. The summed E-state index contributed by atoms with van der Waals surface area (Å²) < 4.78 is 0.869. The zero-order chi connectivity index (χ0) is 21.5. The SMILES string of the molecule is Cc1cc(Br)ccc1N1C(=O)/C(=C/c2cc(Br)c(O)c([N+](=O)[O-])c2)C(=O)NC1=S. The van der Waals surface area contributed by atoms with Crippen molar-refractivity contribution in [2.75, 3.05) is 4.90 Å². The molecule has 11 heteroatoms. The van der Waals surface area contributed by atoms with Gasteiger partial charge < -0.3 is 5.11 Å². The lowest BCUT2D eigenvalue weighted by Gasteiger charge is -2.30. The number of nitrogens with one attached hydrogen (secondary N) is 1. The number of amides is 2. The first-order valence-electron chi connectivity index (χ1n) is 7.94. The van der Waals surface area contributed by atoms with Crippen LogP contribution in [0.5, 0.6) is 5.75 Å². The lowest BCUT2D eigenvalue weighted by atomic mass is 10.1. The summed E-state index contributed by atoms with van der Waals surface area (Å²) in [4.78, 5) is 37.0. The van der Waals surface area contributed by atoms with Crippen molar-refractivity contribution in [1.82, 2.24) is 5.32 Å². The van der Waals surface area contributed by atoms with E-state index >= 15 is 0 Å². The van der Waals surface area contributed by atoms with Gasteiger partial charge in [-0.05, 0) is 76.5 Å². The van der Waals surface area contributed by atoms with Crippen LogP contribution in [-0.2, 0) is 9.59 Å². The van der Waals surface area contributed by atoms with Gasteiger partial charge in [-0.3, -0.25) is 29.9 Å². The molecule has 0 unspecified atom stereocenters. The number of phenols is 1. The minimum Gasteiger partial charge on any atom is -0.501 e. The number of aryl methyl sites for hydroxylation is 1. The van der Waals surface area contributed by atoms with Gasteiger partial charge in [-0.1, -0.05) is 15.9 Å². The molecule has 29 heavy (non-hydrogen) atoms. The first-order valence-corrected chi connectivity index (χ1v) is 9.94. The summed E-state index contributed by atoms with van der Waals surface area (Å²) in [7, 11) is 0. The van der Waals surface area contributed by atoms with E-state index in [4.69, 9.17) is 12.2 Å². The number of halogens is 2. The minimum atomic E-state index is -0.766. The van der Waals surface area contributed by atoms with Gasteiger partial charge >= 0.3 is 5.69 Å². The molecular formula is C18H11Br2N3O5S. The van der Waals surface area contributed by atoms with Crippen molar-refractivity contribution < 1.29 is 19.6 Å². The van der Waals surface area contributed by atoms with Crippen molar-refractivity contribution in [3.8, 4) is 5.75 Å². The third kappa shape index (κ3) is 4.07. The van der Waals surface area contributed by atoms with E-state index in [1.54, 1.807) is 25.1 Å². The van der Waals surface area contributed by atoms with Crippen molar-refractivity contribution >= 4 is 78.5 Å². The van der Waals surface area contributed by atoms with Crippen molar-refractivity contribution in [1.29, 1.82) is 0 Å². The number of rotatable bonds is 3. The number of aromatic hydroxyl groups is 1. The van der Waals surface area contributed by atoms with E-state index in [0.29, 0.717) is 5.69 Å². The van der Waals surface area contributed by atoms with Crippen molar-refractivity contribution in [2.24, 2.45) is 0 Å². The quantitative estimate of drug-likeness (QED) is 0.200. The van der Waals surface area contributed by atoms with Gasteiger partial charge in [0.15, 0.2) is 5.11 Å². The van der Waals surface area contributed by atoms with E-state index in [1.807, 2.05) is 0 Å². The predicted octanol–water partition coefficient (Wildman–Crippen LogP) is 3.97. The molecule has 1 fully saturated rings. The number of thiocarbonyl (C=S) groups is 1. The van der Waals surface area contributed by atoms with Gasteiger partial charge in [-0.15, -0.1) is 0 Å². The van der Waals surface area contributed by atoms with E-state index in [0.717, 1.165) is 16.1 Å². The van der Waals surface area contributed by atoms with Crippen LogP contribution in [0, 0.1) is 17.0 Å². The molecule has 1 heterocycles. The number of nitro benzene ring substituents is 1. The standard InChI is InChI=1S/C18H11Br2N3O5S/c1-8-4-10(19)2-3-13(8)22-17(26)11(16(25)21-18(22)29)5-9-6-12(20)15(24)14(7-9)23(27)28/h2-7,24H,1H3,(H,21,25,29)/b11-5+. The Balaban J connectivity index is 2.10. The Bertz CT molecular complexity index is 1130. The van der Waals surface area contributed by atoms with Crippen LogP contribution in [0.25, 0.3) is 6.08 Å². The van der Waals surface area contributed by atoms with Crippen molar-refractivity contribution in [3.05, 3.63) is 66.1 Å². The molecule has 148 valence electrons. The number of nitro groups is 1. The molecule has 0 bridgehead atoms. The molecule has 8 nitrogen and oxygen atoms in total. The van der Waals surface area contributed by atoms with E-state index in [2.05, 4.69) is 37.2 Å². The summed E-state index contributed by atoms with van der Waals surface area (Å²) in [5.74, 6) is -1.95. The first kappa shape index (κ1) is 21.1. The molecule has 0 atom stereocenters. The van der Waals surface area contributed by atoms with Crippen LogP contribution >= 0.6 is 44.1 Å². The van der Waals surface area contributed by atoms with Crippen molar-refractivity contribution in [3.63, 3.8) is 0 Å². The molecular weight excluding hydrogens is 530 g/mol. The van der Waals surface area contributed by atoms with Gasteiger partial charge in [0.05, 0.1) is 15.1 Å². The highest BCUT2D eigenvalue weighted by atomic mass is 79.9. The van der Waals surface area contributed by atoms with Gasteiger partial charge in [0.25, 0.3) is 11.8 Å². The Morgan fingerprint density at radius 2 is 1.93 bits per heavy atom. The van der Waals surface area contributed by atoms with Crippen molar-refractivity contribution in [2.45, 2.75) is 6.92 Å². The average Bonchev–Trinajstić information content (AvgIpc) is 2.62. The molecule has 3 rings (SSSR count). The number of anilines is 1. The summed E-state index contributed by atoms with van der Waals surface area (Å²) in [5, 5.41) is 23.3. The van der Waals surface area contributed by atoms with E-state index in [9.17, 15) is 24.8 Å². The molecule has 1 aliphatic heterocycles. The highest BCUT2D eigenvalue weighted by Gasteiger charge is 2.35. The zero-order valence-corrected chi connectivity index (χ0v) is 18.6. The van der Waals surface area contributed by atoms with Gasteiger partial charge in [-0.2, -0.15) is 0 Å². The largest absolute Gasteiger partial charge is 0.501 e.